The van der Waals surface area contributed by atoms with Gasteiger partial charge in [0, 0.05) is 5.56 Å². The maximum Gasteiger partial charge on any atom is 0.109 e. The molecular formula is C6H6O2. The fraction of sp³-hybridized carbons (Fsp3) is 0.333. The van der Waals surface area contributed by atoms with Crippen LogP contribution >= 0.6 is 0 Å². The number of hydrogen-bond donors (Lipinski definition) is 0. The van der Waals surface area contributed by atoms with Crippen molar-refractivity contribution in [2.24, 2.45) is 0 Å². The van der Waals surface area contributed by atoms with E-state index in [1.54, 1.807) is 12.5 Å². The van der Waals surface area contributed by atoms with Crippen LogP contribution in [0.4, 0.5) is 0 Å². The van der Waals surface area contributed by atoms with Gasteiger partial charge in [0.05, 0.1) is 19.1 Å². The first-order chi connectivity index (χ1) is 3.97. The molecule has 0 saturated carbocycles. The van der Waals surface area contributed by atoms with Gasteiger partial charge >= 0.3 is 0 Å². The summed E-state index contributed by atoms with van der Waals surface area (Å²) in [7, 11) is 0. The number of hydrogen-bond acceptors (Lipinski definition) is 2. The second-order valence-electron chi connectivity index (χ2n) is 1.88. The van der Waals surface area contributed by atoms with E-state index in [4.69, 9.17) is 9.15 Å². The monoisotopic (exact) mass is 110 g/mol. The Morgan fingerprint density at radius 3 is 3.00 bits per heavy atom. The molecule has 0 amide bonds. The van der Waals surface area contributed by atoms with E-state index in [9.17, 15) is 0 Å². The lowest BCUT2D eigenvalue weighted by molar-refractivity contribution is 0.413. The molecule has 1 aliphatic heterocycles. The van der Waals surface area contributed by atoms with Crippen LogP contribution in [0, 0.1) is 0 Å². The Bertz CT molecular complexity index is 163. The molecule has 0 bridgehead atoms. The van der Waals surface area contributed by atoms with Crippen molar-refractivity contribution in [1.29, 1.82) is 0 Å². The third-order valence-electron chi connectivity index (χ3n) is 1.25. The highest BCUT2D eigenvalue weighted by Gasteiger charge is 2.25. The first-order valence-electron chi connectivity index (χ1n) is 2.60. The third kappa shape index (κ3) is 0.537. The summed E-state index contributed by atoms with van der Waals surface area (Å²) in [5.41, 5.74) is 1.16. The molecule has 1 aliphatic rings. The molecule has 0 spiro atoms. The van der Waals surface area contributed by atoms with Crippen LogP contribution in [-0.2, 0) is 4.74 Å². The van der Waals surface area contributed by atoms with Gasteiger partial charge in [-0.15, -0.1) is 0 Å². The maximum atomic E-state index is 4.99. The molecular weight excluding hydrogens is 104 g/mol. The van der Waals surface area contributed by atoms with E-state index in [-0.39, 0.29) is 0 Å². The zero-order valence-corrected chi connectivity index (χ0v) is 4.33. The Hall–Kier alpha value is -0.760. The van der Waals surface area contributed by atoms with Crippen LogP contribution in [0.3, 0.4) is 0 Å². The summed E-state index contributed by atoms with van der Waals surface area (Å²) in [4.78, 5) is 0. The fourth-order valence-electron chi connectivity index (χ4n) is 0.699. The summed E-state index contributed by atoms with van der Waals surface area (Å²) < 4.78 is 9.83. The number of ether oxygens (including phenoxy) is 1. The van der Waals surface area contributed by atoms with E-state index in [1.807, 2.05) is 6.07 Å². The van der Waals surface area contributed by atoms with Gasteiger partial charge < -0.3 is 9.15 Å². The van der Waals surface area contributed by atoms with Crippen molar-refractivity contribution in [2.45, 2.75) is 6.10 Å². The molecule has 8 heavy (non-hydrogen) atoms. The maximum absolute atomic E-state index is 4.99. The van der Waals surface area contributed by atoms with Gasteiger partial charge in [-0.1, -0.05) is 0 Å². The number of rotatable bonds is 1. The zero-order chi connectivity index (χ0) is 5.40. The smallest absolute Gasteiger partial charge is 0.109 e. The summed E-state index contributed by atoms with van der Waals surface area (Å²) in [6, 6.07) is 1.93. The molecule has 0 N–H and O–H groups in total. The fourth-order valence-corrected chi connectivity index (χ4v) is 0.699. The van der Waals surface area contributed by atoms with E-state index < -0.39 is 0 Å². The summed E-state index contributed by atoms with van der Waals surface area (Å²) in [5, 5.41) is 0. The van der Waals surface area contributed by atoms with Crippen LogP contribution in [0.2, 0.25) is 0 Å². The predicted octanol–water partition coefficient (Wildman–Crippen LogP) is 1.35. The topological polar surface area (TPSA) is 25.7 Å². The quantitative estimate of drug-likeness (QED) is 0.510. The molecule has 2 nitrogen and oxygen atoms in total. The van der Waals surface area contributed by atoms with E-state index in [0.717, 1.165) is 12.2 Å². The lowest BCUT2D eigenvalue weighted by Gasteiger charge is -1.77. The van der Waals surface area contributed by atoms with Gasteiger partial charge in [0.2, 0.25) is 0 Å². The molecule has 0 aliphatic carbocycles. The molecule has 1 saturated heterocycles. The molecule has 2 heteroatoms. The van der Waals surface area contributed by atoms with Crippen molar-refractivity contribution in [3.8, 4) is 0 Å². The van der Waals surface area contributed by atoms with Crippen LogP contribution < -0.4 is 0 Å². The normalized spacial score (nSPS) is 25.8. The number of epoxide rings is 1. The van der Waals surface area contributed by atoms with Gasteiger partial charge in [-0.05, 0) is 6.07 Å². The highest BCUT2D eigenvalue weighted by molar-refractivity contribution is 5.12. The minimum atomic E-state index is 0.341. The van der Waals surface area contributed by atoms with Crippen LogP contribution in [0.1, 0.15) is 11.7 Å². The molecule has 2 heterocycles. The molecule has 42 valence electrons. The molecule has 2 rings (SSSR count). The SMILES string of the molecule is c1cc([C@H]2CO2)co1. The second-order valence-corrected chi connectivity index (χ2v) is 1.88. The van der Waals surface area contributed by atoms with Crippen molar-refractivity contribution in [1.82, 2.24) is 0 Å². The van der Waals surface area contributed by atoms with E-state index in [1.165, 1.54) is 0 Å². The minimum absolute atomic E-state index is 0.341. The Morgan fingerprint density at radius 1 is 1.62 bits per heavy atom. The summed E-state index contributed by atoms with van der Waals surface area (Å²) >= 11 is 0. The molecule has 0 radical (unpaired) electrons. The van der Waals surface area contributed by atoms with Crippen molar-refractivity contribution >= 4 is 0 Å². The van der Waals surface area contributed by atoms with Gasteiger partial charge in [0.1, 0.15) is 6.10 Å². The average molecular weight is 110 g/mol. The van der Waals surface area contributed by atoms with Gasteiger partial charge in [0.25, 0.3) is 0 Å². The van der Waals surface area contributed by atoms with Crippen molar-refractivity contribution in [2.75, 3.05) is 6.61 Å². The lowest BCUT2D eigenvalue weighted by atomic mass is 10.3. The van der Waals surface area contributed by atoms with Gasteiger partial charge in [-0.25, -0.2) is 0 Å². The average Bonchev–Trinajstić information content (AvgIpc) is 2.49. The predicted molar refractivity (Wildman–Crippen MR) is 27.4 cm³/mol. The second kappa shape index (κ2) is 1.36. The van der Waals surface area contributed by atoms with E-state index in [0.29, 0.717) is 6.10 Å². The number of furan rings is 1. The highest BCUT2D eigenvalue weighted by atomic mass is 16.6. The molecule has 0 unspecified atom stereocenters. The van der Waals surface area contributed by atoms with Gasteiger partial charge in [-0.2, -0.15) is 0 Å². The summed E-state index contributed by atoms with van der Waals surface area (Å²) in [5.74, 6) is 0. The Kier molecular flexibility index (Phi) is 0.704. The van der Waals surface area contributed by atoms with Gasteiger partial charge in [0.15, 0.2) is 0 Å². The lowest BCUT2D eigenvalue weighted by Crippen LogP contribution is -1.68. The van der Waals surface area contributed by atoms with Crippen molar-refractivity contribution < 1.29 is 9.15 Å². The zero-order valence-electron chi connectivity index (χ0n) is 4.33. The third-order valence-corrected chi connectivity index (χ3v) is 1.25. The molecule has 1 aromatic heterocycles. The highest BCUT2D eigenvalue weighted by Crippen LogP contribution is 2.29. The van der Waals surface area contributed by atoms with Crippen molar-refractivity contribution in [3.05, 3.63) is 24.2 Å². The Morgan fingerprint density at radius 2 is 2.50 bits per heavy atom. The van der Waals surface area contributed by atoms with E-state index >= 15 is 0 Å². The molecule has 1 fully saturated rings. The standard InChI is InChI=1S/C6H6O2/c1-2-7-3-5(1)6-4-8-6/h1-3,6H,4H2/t6-/m1/s1. The molecule has 1 aromatic rings. The van der Waals surface area contributed by atoms with Crippen LogP contribution in [-0.4, -0.2) is 6.61 Å². The summed E-state index contributed by atoms with van der Waals surface area (Å²) in [6.07, 6.45) is 3.73. The van der Waals surface area contributed by atoms with Crippen molar-refractivity contribution in [3.63, 3.8) is 0 Å². The van der Waals surface area contributed by atoms with Crippen LogP contribution in [0.5, 0.6) is 0 Å². The van der Waals surface area contributed by atoms with Crippen LogP contribution in [0.25, 0.3) is 0 Å². The largest absolute Gasteiger partial charge is 0.472 e. The van der Waals surface area contributed by atoms with Crippen LogP contribution in [0.15, 0.2) is 23.0 Å². The first-order valence-corrected chi connectivity index (χ1v) is 2.60. The molecule has 0 aromatic carbocycles. The first kappa shape index (κ1) is 4.15. The minimum Gasteiger partial charge on any atom is -0.472 e. The Labute approximate surface area is 47.1 Å². The van der Waals surface area contributed by atoms with E-state index in [2.05, 4.69) is 0 Å². The van der Waals surface area contributed by atoms with Gasteiger partial charge in [-0.3, -0.25) is 0 Å². The summed E-state index contributed by atoms with van der Waals surface area (Å²) in [6.45, 7) is 0.861. The Balaban J connectivity index is 2.28. The molecule has 1 atom stereocenters.